The van der Waals surface area contributed by atoms with Crippen molar-refractivity contribution in [3.63, 3.8) is 0 Å². The van der Waals surface area contributed by atoms with Crippen molar-refractivity contribution in [1.82, 2.24) is 0 Å². The maximum absolute atomic E-state index is 12.1. The van der Waals surface area contributed by atoms with Gasteiger partial charge in [0.05, 0.1) is 18.8 Å². The minimum absolute atomic E-state index is 0.207. The van der Waals surface area contributed by atoms with Crippen LogP contribution < -0.4 is 0 Å². The van der Waals surface area contributed by atoms with Gasteiger partial charge in [-0.05, 0) is 12.5 Å². The predicted octanol–water partition coefficient (Wildman–Crippen LogP) is -1.68. The summed E-state index contributed by atoms with van der Waals surface area (Å²) in [6.07, 6.45) is -7.08. The molecule has 7 atom stereocenters. The average Bonchev–Trinajstić information content (AvgIpc) is 2.67. The minimum Gasteiger partial charge on any atom is -0.462 e. The highest BCUT2D eigenvalue weighted by Gasteiger charge is 2.47. The Kier molecular flexibility index (Phi) is 6.28. The van der Waals surface area contributed by atoms with Crippen molar-refractivity contribution in [1.29, 1.82) is 0 Å². The first-order valence-electron chi connectivity index (χ1n) is 8.63. The molecule has 1 fully saturated rings. The van der Waals surface area contributed by atoms with E-state index in [9.17, 15) is 25.2 Å². The summed E-state index contributed by atoms with van der Waals surface area (Å²) in [7, 11) is 1.36. The molecule has 0 amide bonds. The summed E-state index contributed by atoms with van der Waals surface area (Å²) in [5.74, 6) is -0.534. The van der Waals surface area contributed by atoms with Crippen LogP contribution in [0.15, 0.2) is 22.8 Å². The molecule has 152 valence electrons. The molecule has 0 aliphatic carbocycles. The molecule has 10 heteroatoms. The fourth-order valence-corrected chi connectivity index (χ4v) is 3.41. The van der Waals surface area contributed by atoms with E-state index in [4.69, 9.17) is 23.7 Å². The molecule has 3 rings (SSSR count). The van der Waals surface area contributed by atoms with E-state index in [1.165, 1.54) is 7.11 Å². The van der Waals surface area contributed by atoms with Crippen LogP contribution in [-0.2, 0) is 28.5 Å². The first-order valence-corrected chi connectivity index (χ1v) is 8.63. The molecule has 3 aliphatic rings. The first kappa shape index (κ1) is 20.4. The van der Waals surface area contributed by atoms with Crippen molar-refractivity contribution in [2.24, 2.45) is 0 Å². The third-order valence-corrected chi connectivity index (χ3v) is 4.85. The second kappa shape index (κ2) is 8.33. The predicted molar refractivity (Wildman–Crippen MR) is 86.9 cm³/mol. The van der Waals surface area contributed by atoms with Gasteiger partial charge in [0, 0.05) is 19.1 Å². The highest BCUT2D eigenvalue weighted by Crippen LogP contribution is 2.37. The summed E-state index contributed by atoms with van der Waals surface area (Å²) < 4.78 is 27.0. The summed E-state index contributed by atoms with van der Waals surface area (Å²) in [5, 5.41) is 39.3. The van der Waals surface area contributed by atoms with Crippen LogP contribution in [0, 0.1) is 0 Å². The molecule has 0 saturated carbocycles. The van der Waals surface area contributed by atoms with Crippen molar-refractivity contribution in [3.8, 4) is 0 Å². The highest BCUT2D eigenvalue weighted by molar-refractivity contribution is 5.92. The number of cyclic esters (lactones) is 1. The Hall–Kier alpha value is -1.37. The van der Waals surface area contributed by atoms with Gasteiger partial charge in [0.25, 0.3) is 0 Å². The van der Waals surface area contributed by atoms with Gasteiger partial charge < -0.3 is 44.1 Å². The molecular weight excluding hydrogens is 364 g/mol. The van der Waals surface area contributed by atoms with Gasteiger partial charge in [0.15, 0.2) is 18.9 Å². The van der Waals surface area contributed by atoms with E-state index in [-0.39, 0.29) is 12.2 Å². The number of esters is 1. The van der Waals surface area contributed by atoms with Crippen molar-refractivity contribution >= 4 is 5.97 Å². The van der Waals surface area contributed by atoms with Gasteiger partial charge in [0.2, 0.25) is 0 Å². The molecule has 0 aromatic carbocycles. The molecule has 0 aromatic rings. The van der Waals surface area contributed by atoms with E-state index in [2.05, 4.69) is 0 Å². The monoisotopic (exact) mass is 388 g/mol. The lowest BCUT2D eigenvalue weighted by molar-refractivity contribution is -0.343. The third-order valence-electron chi connectivity index (χ3n) is 4.85. The molecule has 27 heavy (non-hydrogen) atoms. The number of aliphatic hydroxyl groups is 4. The van der Waals surface area contributed by atoms with Gasteiger partial charge in [-0.1, -0.05) is 6.08 Å². The fourth-order valence-electron chi connectivity index (χ4n) is 3.41. The quantitative estimate of drug-likeness (QED) is 0.412. The van der Waals surface area contributed by atoms with Crippen LogP contribution in [0.25, 0.3) is 0 Å². The second-order valence-electron chi connectivity index (χ2n) is 6.39. The van der Waals surface area contributed by atoms with Gasteiger partial charge in [-0.25, -0.2) is 4.79 Å². The van der Waals surface area contributed by atoms with Crippen LogP contribution in [0.4, 0.5) is 0 Å². The summed E-state index contributed by atoms with van der Waals surface area (Å²) in [4.78, 5) is 12.1. The molecular formula is C17H24O10. The molecule has 0 bridgehead atoms. The van der Waals surface area contributed by atoms with Crippen LogP contribution >= 0.6 is 0 Å². The molecule has 1 saturated heterocycles. The SMILES string of the molecule is C/C=C1/C2=C(C(=O)OCC2)[C@H](OC)O[C@@H]1O[C@@H]1O[C@H](CO)[C@@H](O)[C@H](O)[C@H]1O. The number of hydrogen-bond acceptors (Lipinski definition) is 10. The number of hydrogen-bond donors (Lipinski definition) is 4. The van der Waals surface area contributed by atoms with Crippen LogP contribution in [0.1, 0.15) is 13.3 Å². The molecule has 10 nitrogen and oxygen atoms in total. The number of carbonyl (C=O) groups excluding carboxylic acids is 1. The molecule has 3 aliphatic heterocycles. The second-order valence-corrected chi connectivity index (χ2v) is 6.39. The largest absolute Gasteiger partial charge is 0.462 e. The lowest BCUT2D eigenvalue weighted by Crippen LogP contribution is -2.60. The van der Waals surface area contributed by atoms with E-state index in [0.29, 0.717) is 17.6 Å². The Morgan fingerprint density at radius 1 is 1.15 bits per heavy atom. The van der Waals surface area contributed by atoms with Gasteiger partial charge in [-0.3, -0.25) is 0 Å². The van der Waals surface area contributed by atoms with Crippen LogP contribution in [0.2, 0.25) is 0 Å². The first-order chi connectivity index (χ1) is 12.9. The van der Waals surface area contributed by atoms with E-state index in [1.807, 2.05) is 0 Å². The summed E-state index contributed by atoms with van der Waals surface area (Å²) >= 11 is 0. The number of allylic oxidation sites excluding steroid dienone is 1. The zero-order valence-corrected chi connectivity index (χ0v) is 15.0. The molecule has 0 aromatic heterocycles. The minimum atomic E-state index is -1.57. The highest BCUT2D eigenvalue weighted by atomic mass is 16.8. The topological polar surface area (TPSA) is 144 Å². The number of carbonyl (C=O) groups is 1. The van der Waals surface area contributed by atoms with Gasteiger partial charge in [-0.15, -0.1) is 0 Å². The normalized spacial score (nSPS) is 41.5. The third kappa shape index (κ3) is 3.67. The van der Waals surface area contributed by atoms with Gasteiger partial charge in [0.1, 0.15) is 24.4 Å². The summed E-state index contributed by atoms with van der Waals surface area (Å²) in [5.41, 5.74) is 1.47. The van der Waals surface area contributed by atoms with E-state index in [0.717, 1.165) is 0 Å². The number of rotatable bonds is 4. The molecule has 4 N–H and O–H groups in total. The number of ether oxygens (including phenoxy) is 5. The van der Waals surface area contributed by atoms with Crippen LogP contribution in [0.5, 0.6) is 0 Å². The zero-order valence-electron chi connectivity index (χ0n) is 15.0. The number of aliphatic hydroxyl groups excluding tert-OH is 4. The fraction of sp³-hybridized carbons (Fsp3) is 0.706. The van der Waals surface area contributed by atoms with E-state index >= 15 is 0 Å². The van der Waals surface area contributed by atoms with Crippen molar-refractivity contribution in [3.05, 3.63) is 22.8 Å². The Morgan fingerprint density at radius 2 is 1.89 bits per heavy atom. The Labute approximate surface area is 155 Å². The average molecular weight is 388 g/mol. The Morgan fingerprint density at radius 3 is 2.52 bits per heavy atom. The molecule has 0 spiro atoms. The van der Waals surface area contributed by atoms with Crippen molar-refractivity contribution < 1.29 is 48.9 Å². The Bertz CT molecular complexity index is 627. The standard InChI is InChI=1S/C17H24O10/c1-3-7-8-4-5-24-14(22)10(8)16(23-2)26-15(7)27-17-13(21)12(20)11(19)9(6-18)25-17/h3,9,11-13,15-21H,4-6H2,1-2H3/b7-3-/t9-,11-,12+,13-,15-,16-,17+/m1/s1. The van der Waals surface area contributed by atoms with Gasteiger partial charge in [-0.2, -0.15) is 0 Å². The van der Waals surface area contributed by atoms with E-state index < -0.39 is 55.9 Å². The van der Waals surface area contributed by atoms with Crippen molar-refractivity contribution in [2.75, 3.05) is 20.3 Å². The lowest BCUT2D eigenvalue weighted by Gasteiger charge is -2.43. The van der Waals surface area contributed by atoms with Crippen molar-refractivity contribution in [2.45, 2.75) is 56.6 Å². The van der Waals surface area contributed by atoms with E-state index in [1.54, 1.807) is 13.0 Å². The maximum Gasteiger partial charge on any atom is 0.339 e. The molecule has 0 radical (unpaired) electrons. The summed E-state index contributed by atoms with van der Waals surface area (Å²) in [6.45, 7) is 1.37. The smallest absolute Gasteiger partial charge is 0.339 e. The van der Waals surface area contributed by atoms with Crippen LogP contribution in [0.3, 0.4) is 0 Å². The molecule has 0 unspecified atom stereocenters. The van der Waals surface area contributed by atoms with Gasteiger partial charge >= 0.3 is 5.97 Å². The maximum atomic E-state index is 12.1. The lowest BCUT2D eigenvalue weighted by atomic mass is 9.92. The van der Waals surface area contributed by atoms with Crippen LogP contribution in [-0.4, -0.2) is 90.0 Å². The Balaban J connectivity index is 1.85. The molecule has 3 heterocycles. The number of methoxy groups -OCH3 is 1. The zero-order chi connectivity index (χ0) is 19.7. The summed E-state index contributed by atoms with van der Waals surface area (Å²) in [6, 6.07) is 0.